The highest BCUT2D eigenvalue weighted by atomic mass is 35.5. The van der Waals surface area contributed by atoms with Crippen molar-refractivity contribution in [3.05, 3.63) is 65.0 Å². The molecule has 1 fully saturated rings. The van der Waals surface area contributed by atoms with Gasteiger partial charge in [0.1, 0.15) is 5.75 Å². The van der Waals surface area contributed by atoms with Crippen LogP contribution in [0.1, 0.15) is 23.8 Å². The molecule has 26 heavy (non-hydrogen) atoms. The van der Waals surface area contributed by atoms with Gasteiger partial charge in [0.15, 0.2) is 0 Å². The molecular weight excluding hydrogens is 350 g/mol. The maximum Gasteiger partial charge on any atom is 0.231 e. The van der Waals surface area contributed by atoms with Crippen molar-refractivity contribution in [3.63, 3.8) is 0 Å². The second-order valence-corrected chi connectivity index (χ2v) is 6.98. The zero-order valence-corrected chi connectivity index (χ0v) is 15.3. The molecule has 6 heteroatoms. The molecule has 0 aliphatic carbocycles. The number of hydrogen-bond acceptors (Lipinski definition) is 5. The summed E-state index contributed by atoms with van der Waals surface area (Å²) in [5.74, 6) is 2.35. The Bertz CT molecular complexity index is 896. The van der Waals surface area contributed by atoms with Crippen molar-refractivity contribution in [2.45, 2.75) is 18.9 Å². The van der Waals surface area contributed by atoms with Crippen molar-refractivity contribution < 1.29 is 9.26 Å². The molecule has 1 aromatic heterocycles. The predicted octanol–water partition coefficient (Wildman–Crippen LogP) is 4.39. The normalized spacial score (nSPS) is 17.5. The van der Waals surface area contributed by atoms with Crippen LogP contribution in [0.5, 0.6) is 5.75 Å². The first-order valence-corrected chi connectivity index (χ1v) is 9.04. The third kappa shape index (κ3) is 3.74. The van der Waals surface area contributed by atoms with E-state index in [1.54, 1.807) is 7.11 Å². The summed E-state index contributed by atoms with van der Waals surface area (Å²) >= 11 is 6.08. The van der Waals surface area contributed by atoms with Crippen LogP contribution >= 0.6 is 11.6 Å². The lowest BCUT2D eigenvalue weighted by molar-refractivity contribution is 0.309. The van der Waals surface area contributed by atoms with Gasteiger partial charge in [-0.2, -0.15) is 4.98 Å². The molecule has 0 radical (unpaired) electrons. The van der Waals surface area contributed by atoms with Crippen LogP contribution in [-0.4, -0.2) is 35.2 Å². The molecule has 0 spiro atoms. The molecule has 0 saturated carbocycles. The number of benzene rings is 2. The van der Waals surface area contributed by atoms with Gasteiger partial charge >= 0.3 is 0 Å². The Morgan fingerprint density at radius 2 is 2.12 bits per heavy atom. The van der Waals surface area contributed by atoms with Crippen molar-refractivity contribution in [1.29, 1.82) is 0 Å². The number of aromatic nitrogens is 2. The second-order valence-electron chi connectivity index (χ2n) is 6.54. The van der Waals surface area contributed by atoms with Crippen LogP contribution in [0.15, 0.2) is 53.1 Å². The Morgan fingerprint density at radius 1 is 1.23 bits per heavy atom. The molecule has 0 N–H and O–H groups in total. The van der Waals surface area contributed by atoms with Crippen LogP contribution in [0.25, 0.3) is 11.4 Å². The van der Waals surface area contributed by atoms with Gasteiger partial charge in [-0.1, -0.05) is 41.0 Å². The Labute approximate surface area is 157 Å². The first-order chi connectivity index (χ1) is 12.7. The minimum Gasteiger partial charge on any atom is -0.497 e. The zero-order valence-electron chi connectivity index (χ0n) is 14.6. The van der Waals surface area contributed by atoms with Crippen LogP contribution in [-0.2, 0) is 6.54 Å². The molecule has 5 nitrogen and oxygen atoms in total. The van der Waals surface area contributed by atoms with Crippen molar-refractivity contribution >= 4 is 11.6 Å². The molecule has 1 unspecified atom stereocenters. The quantitative estimate of drug-likeness (QED) is 0.667. The average Bonchev–Trinajstić information content (AvgIpc) is 3.31. The number of nitrogens with zero attached hydrogens (tertiary/aromatic N) is 3. The van der Waals surface area contributed by atoms with Crippen LogP contribution < -0.4 is 4.74 Å². The average molecular weight is 370 g/mol. The summed E-state index contributed by atoms with van der Waals surface area (Å²) in [6, 6.07) is 15.7. The second kappa shape index (κ2) is 7.48. The van der Waals surface area contributed by atoms with Crippen LogP contribution in [0, 0.1) is 0 Å². The highest BCUT2D eigenvalue weighted by molar-refractivity contribution is 6.30. The summed E-state index contributed by atoms with van der Waals surface area (Å²) in [4.78, 5) is 7.01. The number of methoxy groups -OCH3 is 1. The molecular formula is C20H20ClN3O2. The molecule has 0 amide bonds. The first kappa shape index (κ1) is 17.1. The van der Waals surface area contributed by atoms with Gasteiger partial charge in [-0.05, 0) is 42.8 Å². The largest absolute Gasteiger partial charge is 0.497 e. The molecule has 2 heterocycles. The highest BCUT2D eigenvalue weighted by Gasteiger charge is 2.28. The third-order valence-corrected chi connectivity index (χ3v) is 4.92. The van der Waals surface area contributed by atoms with Gasteiger partial charge in [0.2, 0.25) is 11.7 Å². The Morgan fingerprint density at radius 3 is 2.96 bits per heavy atom. The Balaban J connectivity index is 1.43. The van der Waals surface area contributed by atoms with E-state index >= 15 is 0 Å². The minimum atomic E-state index is 0.265. The molecule has 4 rings (SSSR count). The van der Waals surface area contributed by atoms with Crippen molar-refractivity contribution in [1.82, 2.24) is 15.0 Å². The summed E-state index contributed by atoms with van der Waals surface area (Å²) in [5.41, 5.74) is 2.12. The summed E-state index contributed by atoms with van der Waals surface area (Å²) in [7, 11) is 1.65. The standard InChI is InChI=1S/C20H20ClN3O2/c1-25-18-7-3-5-15(11-18)19-22-20(26-23-19)16-8-9-24(13-16)12-14-4-2-6-17(21)10-14/h2-7,10-11,16H,8-9,12-13H2,1H3. The van der Waals surface area contributed by atoms with Crippen molar-refractivity contribution in [2.75, 3.05) is 20.2 Å². The lowest BCUT2D eigenvalue weighted by Crippen LogP contribution is -2.19. The van der Waals surface area contributed by atoms with E-state index in [1.165, 1.54) is 5.56 Å². The molecule has 2 aromatic carbocycles. The predicted molar refractivity (Wildman–Crippen MR) is 100 cm³/mol. The minimum absolute atomic E-state index is 0.265. The van der Waals surface area contributed by atoms with Gasteiger partial charge in [-0.3, -0.25) is 4.90 Å². The van der Waals surface area contributed by atoms with E-state index in [0.717, 1.165) is 42.4 Å². The highest BCUT2D eigenvalue weighted by Crippen LogP contribution is 2.29. The van der Waals surface area contributed by atoms with E-state index in [1.807, 2.05) is 42.5 Å². The van der Waals surface area contributed by atoms with Crippen LogP contribution in [0.2, 0.25) is 5.02 Å². The van der Waals surface area contributed by atoms with Gasteiger partial charge in [-0.25, -0.2) is 0 Å². The zero-order chi connectivity index (χ0) is 17.9. The summed E-state index contributed by atoms with van der Waals surface area (Å²) < 4.78 is 10.8. The van der Waals surface area contributed by atoms with Gasteiger partial charge < -0.3 is 9.26 Å². The van der Waals surface area contributed by atoms with E-state index in [4.69, 9.17) is 20.9 Å². The fraction of sp³-hybridized carbons (Fsp3) is 0.300. The van der Waals surface area contributed by atoms with Gasteiger partial charge in [0.05, 0.1) is 13.0 Å². The fourth-order valence-electron chi connectivity index (χ4n) is 3.35. The molecule has 1 aliphatic heterocycles. The molecule has 1 saturated heterocycles. The topological polar surface area (TPSA) is 51.4 Å². The SMILES string of the molecule is COc1cccc(-c2noc(C3CCN(Cc4cccc(Cl)c4)C3)n2)c1. The van der Waals surface area contributed by atoms with Crippen LogP contribution in [0.4, 0.5) is 0 Å². The van der Waals surface area contributed by atoms with Crippen molar-refractivity contribution in [2.24, 2.45) is 0 Å². The van der Waals surface area contributed by atoms with E-state index < -0.39 is 0 Å². The maximum atomic E-state index is 6.08. The fourth-order valence-corrected chi connectivity index (χ4v) is 3.56. The summed E-state index contributed by atoms with van der Waals surface area (Å²) in [5, 5.41) is 4.93. The number of rotatable bonds is 5. The van der Waals surface area contributed by atoms with Gasteiger partial charge in [0.25, 0.3) is 0 Å². The van der Waals surface area contributed by atoms with Crippen LogP contribution in [0.3, 0.4) is 0 Å². The molecule has 134 valence electrons. The Hall–Kier alpha value is -2.37. The number of likely N-dealkylation sites (tertiary alicyclic amines) is 1. The third-order valence-electron chi connectivity index (χ3n) is 4.69. The van der Waals surface area contributed by atoms with Crippen molar-refractivity contribution in [3.8, 4) is 17.1 Å². The lowest BCUT2D eigenvalue weighted by atomic mass is 10.1. The number of halogens is 1. The Kier molecular flexibility index (Phi) is 4.91. The van der Waals surface area contributed by atoms with E-state index in [-0.39, 0.29) is 5.92 Å². The van der Waals surface area contributed by atoms with Gasteiger partial charge in [-0.15, -0.1) is 0 Å². The number of hydrogen-bond donors (Lipinski definition) is 0. The molecule has 1 aliphatic rings. The van der Waals surface area contributed by atoms with E-state index in [0.29, 0.717) is 11.7 Å². The smallest absolute Gasteiger partial charge is 0.231 e. The lowest BCUT2D eigenvalue weighted by Gasteiger charge is -2.15. The van der Waals surface area contributed by atoms with E-state index in [2.05, 4.69) is 21.1 Å². The molecule has 1 atom stereocenters. The van der Waals surface area contributed by atoms with E-state index in [9.17, 15) is 0 Å². The first-order valence-electron chi connectivity index (χ1n) is 8.66. The summed E-state index contributed by atoms with van der Waals surface area (Å²) in [6.45, 7) is 2.80. The summed E-state index contributed by atoms with van der Waals surface area (Å²) in [6.07, 6.45) is 1.01. The van der Waals surface area contributed by atoms with Gasteiger partial charge in [0, 0.05) is 23.7 Å². The number of ether oxygens (including phenoxy) is 1. The molecule has 3 aromatic rings. The maximum absolute atomic E-state index is 6.08. The molecule has 0 bridgehead atoms. The monoisotopic (exact) mass is 369 g/mol.